The molecule has 0 radical (unpaired) electrons. The Bertz CT molecular complexity index is 686. The van der Waals surface area contributed by atoms with Gasteiger partial charge in [-0.05, 0) is 24.3 Å². The molecule has 0 fully saturated rings. The lowest BCUT2D eigenvalue weighted by Crippen LogP contribution is -2.05. The molecular weight excluding hydrogens is 220 g/mol. The number of hydrogen-bond donors (Lipinski definition) is 1. The van der Waals surface area contributed by atoms with Crippen LogP contribution in [0.25, 0.3) is 20.8 Å². The van der Waals surface area contributed by atoms with Crippen LogP contribution >= 0.6 is 11.3 Å². The summed E-state index contributed by atoms with van der Waals surface area (Å²) < 4.78 is 0.965. The van der Waals surface area contributed by atoms with Crippen molar-refractivity contribution in [1.29, 1.82) is 0 Å². The fourth-order valence-corrected chi connectivity index (χ4v) is 2.58. The van der Waals surface area contributed by atoms with Crippen LogP contribution < -0.4 is 5.56 Å². The Morgan fingerprint density at radius 1 is 1.12 bits per heavy atom. The predicted octanol–water partition coefficient (Wildman–Crippen LogP) is 2.65. The Kier molecular flexibility index (Phi) is 2.08. The van der Waals surface area contributed by atoms with E-state index in [0.29, 0.717) is 5.39 Å². The molecule has 0 aliphatic carbocycles. The molecule has 0 amide bonds. The summed E-state index contributed by atoms with van der Waals surface area (Å²) in [5.41, 5.74) is 0.715. The monoisotopic (exact) mass is 228 g/mol. The van der Waals surface area contributed by atoms with Crippen LogP contribution in [0.5, 0.6) is 0 Å². The van der Waals surface area contributed by atoms with E-state index in [-0.39, 0.29) is 5.56 Å². The van der Waals surface area contributed by atoms with Crippen LogP contribution in [0, 0.1) is 0 Å². The summed E-state index contributed by atoms with van der Waals surface area (Å²) in [6.45, 7) is 0. The highest BCUT2D eigenvalue weighted by molar-refractivity contribution is 7.21. The molecule has 0 atom stereocenters. The highest BCUT2D eigenvalue weighted by Gasteiger charge is 2.05. The second kappa shape index (κ2) is 3.57. The van der Waals surface area contributed by atoms with E-state index in [1.807, 2.05) is 36.5 Å². The van der Waals surface area contributed by atoms with E-state index in [1.165, 1.54) is 11.3 Å². The summed E-state index contributed by atoms with van der Waals surface area (Å²) >= 11 is 1.52. The van der Waals surface area contributed by atoms with Crippen LogP contribution in [-0.2, 0) is 0 Å². The van der Waals surface area contributed by atoms with Crippen molar-refractivity contribution < 1.29 is 0 Å². The number of hydrogen-bond acceptors (Lipinski definition) is 3. The lowest BCUT2D eigenvalue weighted by Gasteiger charge is -1.98. The summed E-state index contributed by atoms with van der Waals surface area (Å²) in [5.74, 6) is 0. The SMILES string of the molecule is O=c1nc(-c2ccc[nH]2)sc2ccccc12. The molecule has 78 valence electrons. The topological polar surface area (TPSA) is 45.8 Å². The van der Waals surface area contributed by atoms with Crippen molar-refractivity contribution >= 4 is 21.4 Å². The number of nitrogens with one attached hydrogen (secondary N) is 1. The predicted molar refractivity (Wildman–Crippen MR) is 65.7 cm³/mol. The zero-order valence-electron chi connectivity index (χ0n) is 8.31. The fraction of sp³-hybridized carbons (Fsp3) is 0. The zero-order valence-corrected chi connectivity index (χ0v) is 9.12. The third kappa shape index (κ3) is 1.44. The Hall–Kier alpha value is -1.94. The van der Waals surface area contributed by atoms with E-state index in [4.69, 9.17) is 0 Å². The number of aromatic nitrogens is 2. The summed E-state index contributed by atoms with van der Waals surface area (Å²) in [6.07, 6.45) is 1.82. The van der Waals surface area contributed by atoms with Crippen LogP contribution in [0.15, 0.2) is 47.4 Å². The quantitative estimate of drug-likeness (QED) is 0.696. The maximum Gasteiger partial charge on any atom is 0.279 e. The van der Waals surface area contributed by atoms with Gasteiger partial charge in [-0.3, -0.25) is 4.79 Å². The van der Waals surface area contributed by atoms with Gasteiger partial charge in [-0.1, -0.05) is 12.1 Å². The lowest BCUT2D eigenvalue weighted by atomic mass is 10.3. The molecule has 0 aliphatic heterocycles. The van der Waals surface area contributed by atoms with Gasteiger partial charge in [0.05, 0.1) is 11.1 Å². The molecule has 1 N–H and O–H groups in total. The average molecular weight is 228 g/mol. The van der Waals surface area contributed by atoms with Gasteiger partial charge in [0.15, 0.2) is 0 Å². The van der Waals surface area contributed by atoms with E-state index in [9.17, 15) is 4.79 Å². The number of aromatic amines is 1. The van der Waals surface area contributed by atoms with E-state index >= 15 is 0 Å². The standard InChI is InChI=1S/C12H8N2OS/c15-11-8-4-1-2-6-10(8)16-12(14-11)9-5-3-7-13-9/h1-7,13H. The van der Waals surface area contributed by atoms with Crippen LogP contribution in [0.3, 0.4) is 0 Å². The van der Waals surface area contributed by atoms with Crippen molar-refractivity contribution in [2.75, 3.05) is 0 Å². The van der Waals surface area contributed by atoms with Crippen molar-refractivity contribution in [3.8, 4) is 10.7 Å². The molecule has 1 aromatic carbocycles. The normalized spacial score (nSPS) is 10.8. The highest BCUT2D eigenvalue weighted by atomic mass is 32.1. The molecule has 0 saturated carbocycles. The van der Waals surface area contributed by atoms with E-state index in [2.05, 4.69) is 9.97 Å². The summed E-state index contributed by atoms with van der Waals surface area (Å²) in [4.78, 5) is 18.9. The molecule has 0 aliphatic rings. The average Bonchev–Trinajstić information content (AvgIpc) is 2.82. The fourth-order valence-electron chi connectivity index (χ4n) is 1.59. The molecule has 2 aromatic heterocycles. The largest absolute Gasteiger partial charge is 0.359 e. The molecule has 3 nitrogen and oxygen atoms in total. The third-order valence-electron chi connectivity index (χ3n) is 2.36. The van der Waals surface area contributed by atoms with Crippen molar-refractivity contribution in [3.05, 3.63) is 52.9 Å². The summed E-state index contributed by atoms with van der Waals surface area (Å²) in [7, 11) is 0. The summed E-state index contributed by atoms with van der Waals surface area (Å²) in [5, 5.41) is 1.41. The van der Waals surface area contributed by atoms with E-state index in [0.717, 1.165) is 15.4 Å². The van der Waals surface area contributed by atoms with Crippen molar-refractivity contribution in [3.63, 3.8) is 0 Å². The molecule has 0 spiro atoms. The van der Waals surface area contributed by atoms with E-state index < -0.39 is 0 Å². The van der Waals surface area contributed by atoms with E-state index in [1.54, 1.807) is 6.07 Å². The van der Waals surface area contributed by atoms with Gasteiger partial charge in [0.2, 0.25) is 0 Å². The minimum absolute atomic E-state index is 0.168. The first-order valence-electron chi connectivity index (χ1n) is 4.88. The molecule has 3 aromatic rings. The molecule has 4 heteroatoms. The van der Waals surface area contributed by atoms with Gasteiger partial charge in [-0.2, -0.15) is 4.98 Å². The summed E-state index contributed by atoms with van der Waals surface area (Å²) in [6, 6.07) is 11.3. The lowest BCUT2D eigenvalue weighted by molar-refractivity contribution is 1.28. The van der Waals surface area contributed by atoms with Crippen LogP contribution in [0.2, 0.25) is 0 Å². The highest BCUT2D eigenvalue weighted by Crippen LogP contribution is 2.24. The first-order valence-corrected chi connectivity index (χ1v) is 5.70. The number of benzene rings is 1. The Morgan fingerprint density at radius 2 is 2.00 bits per heavy atom. The second-order valence-electron chi connectivity index (χ2n) is 3.40. The minimum Gasteiger partial charge on any atom is -0.359 e. The minimum atomic E-state index is -0.168. The molecule has 2 heterocycles. The van der Waals surface area contributed by atoms with Gasteiger partial charge in [-0.25, -0.2) is 0 Å². The van der Waals surface area contributed by atoms with Crippen LogP contribution in [-0.4, -0.2) is 9.97 Å². The number of fused-ring (bicyclic) bond motifs is 1. The Morgan fingerprint density at radius 3 is 2.81 bits per heavy atom. The Labute approximate surface area is 95.4 Å². The molecular formula is C12H8N2OS. The number of nitrogens with zero attached hydrogens (tertiary/aromatic N) is 1. The van der Waals surface area contributed by atoms with Gasteiger partial charge < -0.3 is 4.98 Å². The maximum absolute atomic E-state index is 11.8. The van der Waals surface area contributed by atoms with Gasteiger partial charge >= 0.3 is 0 Å². The molecule has 0 unspecified atom stereocenters. The second-order valence-corrected chi connectivity index (χ2v) is 4.43. The molecule has 0 bridgehead atoms. The van der Waals surface area contributed by atoms with Crippen LogP contribution in [0.4, 0.5) is 0 Å². The Balaban J connectivity index is 2.34. The molecule has 0 saturated heterocycles. The first-order chi connectivity index (χ1) is 7.84. The third-order valence-corrected chi connectivity index (χ3v) is 3.44. The van der Waals surface area contributed by atoms with Crippen molar-refractivity contribution in [2.24, 2.45) is 0 Å². The van der Waals surface area contributed by atoms with Gasteiger partial charge in [-0.15, -0.1) is 11.3 Å². The van der Waals surface area contributed by atoms with Gasteiger partial charge in [0, 0.05) is 10.9 Å². The van der Waals surface area contributed by atoms with Gasteiger partial charge in [0.1, 0.15) is 5.01 Å². The van der Waals surface area contributed by atoms with Crippen LogP contribution in [0.1, 0.15) is 0 Å². The van der Waals surface area contributed by atoms with Crippen molar-refractivity contribution in [1.82, 2.24) is 9.97 Å². The molecule has 16 heavy (non-hydrogen) atoms. The van der Waals surface area contributed by atoms with Gasteiger partial charge in [0.25, 0.3) is 5.56 Å². The number of H-pyrrole nitrogens is 1. The first kappa shape index (κ1) is 9.30. The zero-order chi connectivity index (χ0) is 11.0. The molecule has 3 rings (SSSR count). The number of rotatable bonds is 1. The maximum atomic E-state index is 11.8. The van der Waals surface area contributed by atoms with Crippen molar-refractivity contribution in [2.45, 2.75) is 0 Å². The smallest absolute Gasteiger partial charge is 0.279 e.